The van der Waals surface area contributed by atoms with Crippen LogP contribution in [0.25, 0.3) is 0 Å². The maximum Gasteiger partial charge on any atom is 0.271 e. The molecule has 0 aliphatic carbocycles. The van der Waals surface area contributed by atoms with Gasteiger partial charge in [-0.15, -0.1) is 0 Å². The van der Waals surface area contributed by atoms with Crippen molar-refractivity contribution in [2.45, 2.75) is 26.3 Å². The Bertz CT molecular complexity index is 1010. The molecule has 1 heterocycles. The third-order valence-corrected chi connectivity index (χ3v) is 5.66. The number of nitrogens with zero attached hydrogens (tertiary/aromatic N) is 3. The van der Waals surface area contributed by atoms with Gasteiger partial charge in [0.15, 0.2) is 0 Å². The fourth-order valence-electron chi connectivity index (χ4n) is 3.80. The van der Waals surface area contributed by atoms with Crippen molar-refractivity contribution in [3.63, 3.8) is 0 Å². The van der Waals surface area contributed by atoms with Gasteiger partial charge >= 0.3 is 0 Å². The first-order chi connectivity index (χ1) is 15.3. The summed E-state index contributed by atoms with van der Waals surface area (Å²) in [6.07, 6.45) is 0.745. The molecule has 0 spiro atoms. The van der Waals surface area contributed by atoms with E-state index in [2.05, 4.69) is 5.32 Å². The number of benzene rings is 2. The van der Waals surface area contributed by atoms with Crippen molar-refractivity contribution in [2.24, 2.45) is 0 Å². The van der Waals surface area contributed by atoms with Gasteiger partial charge in [-0.2, -0.15) is 0 Å². The minimum Gasteiger partial charge on any atom is -0.495 e. The second-order valence-electron chi connectivity index (χ2n) is 7.86. The summed E-state index contributed by atoms with van der Waals surface area (Å²) in [6, 6.07) is 11.1. The number of hydrogen-bond acceptors (Lipinski definition) is 6. The number of carbonyl (C=O) groups excluding carboxylic acids is 2. The van der Waals surface area contributed by atoms with Crippen LogP contribution in [-0.2, 0) is 4.79 Å². The van der Waals surface area contributed by atoms with Gasteiger partial charge < -0.3 is 15.0 Å². The van der Waals surface area contributed by atoms with Crippen molar-refractivity contribution in [1.82, 2.24) is 9.80 Å². The highest BCUT2D eigenvalue weighted by molar-refractivity contribution is 5.96. The summed E-state index contributed by atoms with van der Waals surface area (Å²) in [5.41, 5.74) is 1.83. The Morgan fingerprint density at radius 3 is 2.59 bits per heavy atom. The molecule has 32 heavy (non-hydrogen) atoms. The van der Waals surface area contributed by atoms with Gasteiger partial charge in [-0.25, -0.2) is 0 Å². The highest BCUT2D eigenvalue weighted by Crippen LogP contribution is 2.29. The highest BCUT2D eigenvalue weighted by atomic mass is 16.6. The maximum absolute atomic E-state index is 12.9. The number of anilines is 1. The van der Waals surface area contributed by atoms with E-state index in [-0.39, 0.29) is 23.2 Å². The van der Waals surface area contributed by atoms with Crippen LogP contribution in [-0.4, -0.2) is 65.9 Å². The average Bonchev–Trinajstić information content (AvgIpc) is 3.04. The second kappa shape index (κ2) is 10.2. The van der Waals surface area contributed by atoms with Gasteiger partial charge in [0.25, 0.3) is 11.6 Å². The molecule has 2 aromatic carbocycles. The van der Waals surface area contributed by atoms with Gasteiger partial charge in [0.2, 0.25) is 5.91 Å². The molecule has 2 amide bonds. The SMILES string of the molecule is COc1ccc([N+](=O)[O-])cc1NC(=O)C(C)N1CCCN(C(=O)c2cccc(C)c2)CC1. The minimum absolute atomic E-state index is 0.00557. The van der Waals surface area contributed by atoms with Crippen LogP contribution in [0.15, 0.2) is 42.5 Å². The molecule has 9 nitrogen and oxygen atoms in total. The standard InChI is InChI=1S/C23H28N4O5/c1-16-6-4-7-18(14-16)23(29)26-11-5-10-25(12-13-26)17(2)22(28)24-20-15-19(27(30)31)8-9-21(20)32-3/h4,6-9,14-15,17H,5,10-13H2,1-3H3,(H,24,28). The maximum atomic E-state index is 12.9. The van der Waals surface area contributed by atoms with E-state index in [1.165, 1.54) is 25.3 Å². The summed E-state index contributed by atoms with van der Waals surface area (Å²) in [5.74, 6) is 0.0539. The van der Waals surface area contributed by atoms with Crippen LogP contribution in [0.5, 0.6) is 5.75 Å². The van der Waals surface area contributed by atoms with E-state index in [1.807, 2.05) is 41.0 Å². The molecule has 0 aromatic heterocycles. The third kappa shape index (κ3) is 5.42. The number of non-ortho nitro benzene ring substituents is 1. The van der Waals surface area contributed by atoms with E-state index >= 15 is 0 Å². The number of rotatable bonds is 6. The lowest BCUT2D eigenvalue weighted by Gasteiger charge is -2.27. The van der Waals surface area contributed by atoms with Crippen molar-refractivity contribution in [2.75, 3.05) is 38.6 Å². The molecule has 2 aromatic rings. The monoisotopic (exact) mass is 440 g/mol. The zero-order chi connectivity index (χ0) is 23.3. The molecular formula is C23H28N4O5. The lowest BCUT2D eigenvalue weighted by Crippen LogP contribution is -2.44. The number of carbonyl (C=O) groups is 2. The predicted octanol–water partition coefficient (Wildman–Crippen LogP) is 3.09. The zero-order valence-electron chi connectivity index (χ0n) is 18.5. The summed E-state index contributed by atoms with van der Waals surface area (Å²) >= 11 is 0. The number of hydrogen-bond donors (Lipinski definition) is 1. The van der Waals surface area contributed by atoms with Crippen molar-refractivity contribution >= 4 is 23.2 Å². The molecule has 1 aliphatic rings. The Morgan fingerprint density at radius 2 is 1.91 bits per heavy atom. The molecule has 0 radical (unpaired) electrons. The smallest absolute Gasteiger partial charge is 0.271 e. The van der Waals surface area contributed by atoms with Crippen molar-refractivity contribution in [3.8, 4) is 5.75 Å². The number of methoxy groups -OCH3 is 1. The second-order valence-corrected chi connectivity index (χ2v) is 7.86. The number of aryl methyl sites for hydroxylation is 1. The Morgan fingerprint density at radius 1 is 1.12 bits per heavy atom. The van der Waals surface area contributed by atoms with Crippen LogP contribution < -0.4 is 10.1 Å². The number of nitro benzene ring substituents is 1. The van der Waals surface area contributed by atoms with E-state index in [9.17, 15) is 19.7 Å². The van der Waals surface area contributed by atoms with E-state index < -0.39 is 11.0 Å². The first kappa shape index (κ1) is 23.2. The summed E-state index contributed by atoms with van der Waals surface area (Å²) in [6.45, 7) is 6.10. The van der Waals surface area contributed by atoms with Gasteiger partial charge in [-0.1, -0.05) is 17.7 Å². The summed E-state index contributed by atoms with van der Waals surface area (Å²) in [7, 11) is 1.44. The molecule has 0 bridgehead atoms. The first-order valence-corrected chi connectivity index (χ1v) is 10.5. The summed E-state index contributed by atoms with van der Waals surface area (Å²) in [5, 5.41) is 13.8. The van der Waals surface area contributed by atoms with Crippen LogP contribution in [0.3, 0.4) is 0 Å². The predicted molar refractivity (Wildman–Crippen MR) is 121 cm³/mol. The summed E-state index contributed by atoms with van der Waals surface area (Å²) in [4.78, 5) is 40.2. The van der Waals surface area contributed by atoms with Gasteiger partial charge in [-0.05, 0) is 38.5 Å². The Balaban J connectivity index is 1.65. The molecule has 1 unspecified atom stereocenters. The van der Waals surface area contributed by atoms with E-state index in [4.69, 9.17) is 4.74 Å². The molecule has 0 saturated carbocycles. The summed E-state index contributed by atoms with van der Waals surface area (Å²) < 4.78 is 5.22. The van der Waals surface area contributed by atoms with E-state index in [1.54, 1.807) is 6.92 Å². The number of ether oxygens (including phenoxy) is 1. The van der Waals surface area contributed by atoms with Crippen molar-refractivity contribution in [3.05, 3.63) is 63.7 Å². The fourth-order valence-corrected chi connectivity index (χ4v) is 3.80. The first-order valence-electron chi connectivity index (χ1n) is 10.5. The third-order valence-electron chi connectivity index (χ3n) is 5.66. The number of amides is 2. The van der Waals surface area contributed by atoms with Crippen molar-refractivity contribution in [1.29, 1.82) is 0 Å². The van der Waals surface area contributed by atoms with Crippen LogP contribution in [0, 0.1) is 17.0 Å². The molecule has 1 N–H and O–H groups in total. The van der Waals surface area contributed by atoms with Gasteiger partial charge in [0.1, 0.15) is 5.75 Å². The van der Waals surface area contributed by atoms with Gasteiger partial charge in [-0.3, -0.25) is 24.6 Å². The Kier molecular flexibility index (Phi) is 7.42. The Hall–Kier alpha value is -3.46. The van der Waals surface area contributed by atoms with Crippen LogP contribution >= 0.6 is 0 Å². The molecule has 9 heteroatoms. The fraction of sp³-hybridized carbons (Fsp3) is 0.391. The molecule has 1 saturated heterocycles. The zero-order valence-corrected chi connectivity index (χ0v) is 18.5. The normalized spacial score (nSPS) is 15.5. The van der Waals surface area contributed by atoms with Crippen LogP contribution in [0.1, 0.15) is 29.3 Å². The number of nitrogens with one attached hydrogen (secondary N) is 1. The lowest BCUT2D eigenvalue weighted by atomic mass is 10.1. The largest absolute Gasteiger partial charge is 0.495 e. The molecule has 1 fully saturated rings. The van der Waals surface area contributed by atoms with Gasteiger partial charge in [0, 0.05) is 43.9 Å². The lowest BCUT2D eigenvalue weighted by molar-refractivity contribution is -0.384. The minimum atomic E-state index is -0.521. The average molecular weight is 441 g/mol. The van der Waals surface area contributed by atoms with Crippen molar-refractivity contribution < 1.29 is 19.2 Å². The Labute approximate surface area is 187 Å². The highest BCUT2D eigenvalue weighted by Gasteiger charge is 2.27. The van der Waals surface area contributed by atoms with E-state index in [0.29, 0.717) is 37.5 Å². The quantitative estimate of drug-likeness (QED) is 0.547. The number of nitro groups is 1. The molecule has 3 rings (SSSR count). The molecule has 170 valence electrons. The molecular weight excluding hydrogens is 412 g/mol. The topological polar surface area (TPSA) is 105 Å². The van der Waals surface area contributed by atoms with Gasteiger partial charge in [0.05, 0.1) is 23.8 Å². The van der Waals surface area contributed by atoms with Crippen LogP contribution in [0.4, 0.5) is 11.4 Å². The van der Waals surface area contributed by atoms with Crippen LogP contribution in [0.2, 0.25) is 0 Å². The molecule has 1 atom stereocenters. The molecule has 1 aliphatic heterocycles. The van der Waals surface area contributed by atoms with E-state index in [0.717, 1.165) is 12.0 Å².